The summed E-state index contributed by atoms with van der Waals surface area (Å²) in [7, 11) is 0. The molecule has 2 aliphatic rings. The Balaban J connectivity index is 1.32. The van der Waals surface area contributed by atoms with Gasteiger partial charge >= 0.3 is 0 Å². The van der Waals surface area contributed by atoms with Crippen LogP contribution in [0.1, 0.15) is 51.0 Å². The van der Waals surface area contributed by atoms with Crippen LogP contribution < -0.4 is 16.6 Å². The number of carbonyl (C=O) groups excluding carboxylic acids is 2. The maximum atomic E-state index is 12.7. The second-order valence-electron chi connectivity index (χ2n) is 8.17. The minimum Gasteiger partial charge on any atom is -0.365 e. The number of aryl methyl sites for hydroxylation is 2. The van der Waals surface area contributed by atoms with Crippen LogP contribution in [-0.2, 0) is 30.5 Å². The molecule has 0 spiro atoms. The number of aromatic nitrogens is 2. The molecule has 3 aromatic rings. The number of nitrogens with zero attached hydrogens (tertiary/aromatic N) is 1. The highest BCUT2D eigenvalue weighted by molar-refractivity contribution is 7.99. The molecule has 0 bridgehead atoms. The quantitative estimate of drug-likeness (QED) is 0.386. The fraction of sp³-hybridized carbons (Fsp3) is 0.429. The minimum atomic E-state index is -0.505. The van der Waals surface area contributed by atoms with Crippen molar-refractivity contribution in [3.05, 3.63) is 36.8 Å². The summed E-state index contributed by atoms with van der Waals surface area (Å²) in [6.07, 6.45) is 5.76. The zero-order valence-corrected chi connectivity index (χ0v) is 19.5. The molecule has 2 amide bonds. The van der Waals surface area contributed by atoms with Crippen LogP contribution in [0, 0.1) is 5.92 Å². The molecule has 0 radical (unpaired) electrons. The van der Waals surface area contributed by atoms with Crippen LogP contribution in [0.3, 0.4) is 0 Å². The Morgan fingerprint density at radius 3 is 2.87 bits per heavy atom. The largest absolute Gasteiger partial charge is 0.365 e. The van der Waals surface area contributed by atoms with Crippen molar-refractivity contribution in [2.24, 2.45) is 11.7 Å². The Labute approximate surface area is 190 Å². The second kappa shape index (κ2) is 8.07. The molecular formula is C21H22N4O3S3. The van der Waals surface area contributed by atoms with Gasteiger partial charge in [-0.1, -0.05) is 18.7 Å². The number of hydrogen-bond acceptors (Lipinski definition) is 7. The molecule has 7 nitrogen and oxygen atoms in total. The molecule has 0 saturated heterocycles. The monoisotopic (exact) mass is 474 g/mol. The standard InChI is InChI=1S/C21H22N4O3S3/c1-9-5-6-11-13(7-9)31-20-16(11)18(28)24-21(25-20)29-8-14(26)23-19-15(17(22)27)10-3-2-4-12(10)30-19/h9H,2-8H2,1H3,(H2,22,27)(H,23,26)(H,24,25,28)/t9-/m1/s1. The van der Waals surface area contributed by atoms with Gasteiger partial charge < -0.3 is 16.0 Å². The van der Waals surface area contributed by atoms with Gasteiger partial charge in [-0.25, -0.2) is 4.98 Å². The zero-order chi connectivity index (χ0) is 21.7. The third kappa shape index (κ3) is 3.81. The van der Waals surface area contributed by atoms with Gasteiger partial charge in [0, 0.05) is 9.75 Å². The van der Waals surface area contributed by atoms with E-state index in [4.69, 9.17) is 5.73 Å². The van der Waals surface area contributed by atoms with Crippen molar-refractivity contribution < 1.29 is 9.59 Å². The Morgan fingerprint density at radius 2 is 2.06 bits per heavy atom. The molecule has 31 heavy (non-hydrogen) atoms. The fourth-order valence-corrected chi connectivity index (χ4v) is 7.86. The van der Waals surface area contributed by atoms with Gasteiger partial charge in [-0.3, -0.25) is 14.4 Å². The molecule has 0 aromatic carbocycles. The number of hydrogen-bond donors (Lipinski definition) is 3. The molecule has 0 unspecified atom stereocenters. The van der Waals surface area contributed by atoms with E-state index in [9.17, 15) is 14.4 Å². The molecule has 3 aromatic heterocycles. The van der Waals surface area contributed by atoms with Crippen LogP contribution in [0.15, 0.2) is 9.95 Å². The minimum absolute atomic E-state index is 0.0807. The third-order valence-corrected chi connectivity index (χ3v) is 9.13. The number of aromatic amines is 1. The first-order chi connectivity index (χ1) is 14.9. The summed E-state index contributed by atoms with van der Waals surface area (Å²) >= 11 is 4.21. The van der Waals surface area contributed by atoms with Crippen molar-refractivity contribution in [3.63, 3.8) is 0 Å². The van der Waals surface area contributed by atoms with E-state index in [1.54, 1.807) is 11.3 Å². The number of H-pyrrole nitrogens is 1. The van der Waals surface area contributed by atoms with Gasteiger partial charge in [-0.15, -0.1) is 22.7 Å². The lowest BCUT2D eigenvalue weighted by Gasteiger charge is -2.17. The van der Waals surface area contributed by atoms with E-state index < -0.39 is 5.91 Å². The number of anilines is 1. The number of thioether (sulfide) groups is 1. The van der Waals surface area contributed by atoms with Gasteiger partial charge in [0.25, 0.3) is 11.5 Å². The molecule has 1 atom stereocenters. The number of carbonyl (C=O) groups is 2. The molecule has 10 heteroatoms. The van der Waals surface area contributed by atoms with Gasteiger partial charge in [0.1, 0.15) is 9.83 Å². The maximum Gasteiger partial charge on any atom is 0.260 e. The summed E-state index contributed by atoms with van der Waals surface area (Å²) in [5, 5.41) is 4.50. The number of primary amides is 1. The number of fused-ring (bicyclic) bond motifs is 4. The average molecular weight is 475 g/mol. The van der Waals surface area contributed by atoms with Crippen molar-refractivity contribution in [1.82, 2.24) is 9.97 Å². The Bertz CT molecular complexity index is 1270. The van der Waals surface area contributed by atoms with Crippen LogP contribution >= 0.6 is 34.4 Å². The average Bonchev–Trinajstić information content (AvgIpc) is 3.37. The predicted molar refractivity (Wildman–Crippen MR) is 126 cm³/mol. The van der Waals surface area contributed by atoms with Crippen molar-refractivity contribution in [2.75, 3.05) is 11.1 Å². The first-order valence-corrected chi connectivity index (χ1v) is 12.9. The van der Waals surface area contributed by atoms with Gasteiger partial charge in [0.2, 0.25) is 5.91 Å². The summed E-state index contributed by atoms with van der Waals surface area (Å²) in [5.74, 6) is -0.0532. The predicted octanol–water partition coefficient (Wildman–Crippen LogP) is 3.49. The first kappa shape index (κ1) is 20.7. The molecular weight excluding hydrogens is 452 g/mol. The fourth-order valence-electron chi connectivity index (χ4n) is 4.45. The maximum absolute atomic E-state index is 12.7. The lowest BCUT2D eigenvalue weighted by atomic mass is 9.89. The van der Waals surface area contributed by atoms with Crippen LogP contribution in [-0.4, -0.2) is 27.5 Å². The second-order valence-corrected chi connectivity index (χ2v) is 11.3. The molecule has 0 fully saturated rings. The smallest absolute Gasteiger partial charge is 0.260 e. The van der Waals surface area contributed by atoms with E-state index in [0.29, 0.717) is 27.0 Å². The lowest BCUT2D eigenvalue weighted by Crippen LogP contribution is -2.19. The third-order valence-electron chi connectivity index (χ3n) is 5.90. The molecule has 3 heterocycles. The molecule has 0 aliphatic heterocycles. The summed E-state index contributed by atoms with van der Waals surface area (Å²) < 4.78 is 0. The summed E-state index contributed by atoms with van der Waals surface area (Å²) in [6.45, 7) is 2.23. The number of nitrogens with two attached hydrogens (primary N) is 1. The van der Waals surface area contributed by atoms with E-state index in [-0.39, 0.29) is 17.2 Å². The Morgan fingerprint density at radius 1 is 1.23 bits per heavy atom. The van der Waals surface area contributed by atoms with E-state index in [2.05, 4.69) is 22.2 Å². The van der Waals surface area contributed by atoms with Crippen molar-refractivity contribution >= 4 is 61.5 Å². The van der Waals surface area contributed by atoms with E-state index in [1.807, 2.05) is 0 Å². The highest BCUT2D eigenvalue weighted by Gasteiger charge is 2.26. The normalized spacial score (nSPS) is 17.5. The van der Waals surface area contributed by atoms with Crippen molar-refractivity contribution in [2.45, 2.75) is 50.6 Å². The van der Waals surface area contributed by atoms with E-state index in [1.165, 1.54) is 28.0 Å². The van der Waals surface area contributed by atoms with Crippen molar-refractivity contribution in [3.8, 4) is 0 Å². The van der Waals surface area contributed by atoms with Gasteiger partial charge in [-0.2, -0.15) is 0 Å². The number of amides is 2. The zero-order valence-electron chi connectivity index (χ0n) is 17.0. The van der Waals surface area contributed by atoms with Gasteiger partial charge in [0.05, 0.1) is 16.7 Å². The topological polar surface area (TPSA) is 118 Å². The number of rotatable bonds is 5. The summed E-state index contributed by atoms with van der Waals surface area (Å²) in [6, 6.07) is 0. The first-order valence-electron chi connectivity index (χ1n) is 10.3. The Kier molecular flexibility index (Phi) is 5.39. The van der Waals surface area contributed by atoms with Crippen LogP contribution in [0.2, 0.25) is 0 Å². The SMILES string of the molecule is C[C@@H]1CCc2c(sc3nc(SCC(=O)Nc4sc5c(c4C(N)=O)CCC5)[nH]c(=O)c23)C1. The molecule has 2 aliphatic carbocycles. The molecule has 0 saturated carbocycles. The van der Waals surface area contributed by atoms with Crippen LogP contribution in [0.4, 0.5) is 5.00 Å². The Hall–Kier alpha value is -2.17. The van der Waals surface area contributed by atoms with E-state index in [0.717, 1.165) is 59.4 Å². The molecule has 5 rings (SSSR count). The van der Waals surface area contributed by atoms with Crippen molar-refractivity contribution in [1.29, 1.82) is 0 Å². The van der Waals surface area contributed by atoms with Crippen LogP contribution in [0.5, 0.6) is 0 Å². The van der Waals surface area contributed by atoms with E-state index >= 15 is 0 Å². The highest BCUT2D eigenvalue weighted by Crippen LogP contribution is 2.39. The lowest BCUT2D eigenvalue weighted by molar-refractivity contribution is -0.113. The number of thiophene rings is 2. The van der Waals surface area contributed by atoms with Crippen LogP contribution in [0.25, 0.3) is 10.2 Å². The summed E-state index contributed by atoms with van der Waals surface area (Å²) in [5.41, 5.74) is 7.99. The highest BCUT2D eigenvalue weighted by atomic mass is 32.2. The van der Waals surface area contributed by atoms with Gasteiger partial charge in [-0.05, 0) is 55.6 Å². The van der Waals surface area contributed by atoms with Gasteiger partial charge in [0.15, 0.2) is 5.16 Å². The number of nitrogens with one attached hydrogen (secondary N) is 2. The molecule has 4 N–H and O–H groups in total. The molecule has 162 valence electrons. The summed E-state index contributed by atoms with van der Waals surface area (Å²) in [4.78, 5) is 47.7.